The van der Waals surface area contributed by atoms with E-state index < -0.39 is 0 Å². The van der Waals surface area contributed by atoms with Crippen molar-refractivity contribution in [3.05, 3.63) is 33.3 Å². The van der Waals surface area contributed by atoms with Crippen LogP contribution < -0.4 is 0 Å². The van der Waals surface area contributed by atoms with Gasteiger partial charge in [0.2, 0.25) is 0 Å². The Kier molecular flexibility index (Phi) is 3.09. The van der Waals surface area contributed by atoms with Crippen LogP contribution in [0.3, 0.4) is 0 Å². The van der Waals surface area contributed by atoms with Crippen LogP contribution in [0.4, 0.5) is 0 Å². The lowest BCUT2D eigenvalue weighted by molar-refractivity contribution is 0.0874. The summed E-state index contributed by atoms with van der Waals surface area (Å²) in [6.07, 6.45) is 5.06. The molecule has 3 unspecified atom stereocenters. The number of hydrogen-bond acceptors (Lipinski definition) is 1. The molecule has 0 saturated heterocycles. The predicted molar refractivity (Wildman–Crippen MR) is 76.9 cm³/mol. The second kappa shape index (κ2) is 4.48. The van der Waals surface area contributed by atoms with E-state index in [4.69, 9.17) is 0 Å². The van der Waals surface area contributed by atoms with Gasteiger partial charge in [0.05, 0.1) is 0 Å². The highest BCUT2D eigenvalue weighted by atomic mass is 79.9. The molecule has 0 spiro atoms. The largest absolute Gasteiger partial charge is 0.294 e. The molecule has 2 bridgehead atoms. The molecule has 0 amide bonds. The lowest BCUT2D eigenvalue weighted by Gasteiger charge is -2.21. The molecule has 0 N–H and O–H groups in total. The zero-order chi connectivity index (χ0) is 12.9. The Hall–Kier alpha value is -0.630. The third kappa shape index (κ3) is 1.95. The van der Waals surface area contributed by atoms with Gasteiger partial charge in [0.15, 0.2) is 5.78 Å². The molecule has 2 saturated carbocycles. The van der Waals surface area contributed by atoms with Gasteiger partial charge in [-0.25, -0.2) is 0 Å². The first-order valence-electron chi connectivity index (χ1n) is 6.87. The van der Waals surface area contributed by atoms with Gasteiger partial charge in [-0.15, -0.1) is 0 Å². The summed E-state index contributed by atoms with van der Waals surface area (Å²) in [6, 6.07) is 4.14. The maximum Gasteiger partial charge on any atom is 0.166 e. The normalized spacial score (nSPS) is 29.8. The van der Waals surface area contributed by atoms with Gasteiger partial charge in [0.25, 0.3) is 0 Å². The molecular formula is C16H19BrO. The molecule has 1 aromatic carbocycles. The topological polar surface area (TPSA) is 17.1 Å². The van der Waals surface area contributed by atoms with Crippen molar-refractivity contribution in [2.45, 2.75) is 39.5 Å². The minimum atomic E-state index is 0.308. The fraction of sp³-hybridized carbons (Fsp3) is 0.562. The average Bonchev–Trinajstić information content (AvgIpc) is 2.95. The predicted octanol–water partition coefficient (Wildman–Crippen LogP) is 4.68. The van der Waals surface area contributed by atoms with E-state index in [2.05, 4.69) is 35.0 Å². The van der Waals surface area contributed by atoms with Gasteiger partial charge in [-0.05, 0) is 68.2 Å². The minimum Gasteiger partial charge on any atom is -0.294 e. The molecule has 3 atom stereocenters. The third-order valence-corrected chi connectivity index (χ3v) is 5.70. The van der Waals surface area contributed by atoms with E-state index in [-0.39, 0.29) is 0 Å². The first-order valence-corrected chi connectivity index (χ1v) is 7.66. The van der Waals surface area contributed by atoms with Crippen LogP contribution in [0, 0.1) is 31.6 Å². The Balaban J connectivity index is 1.91. The molecule has 0 aromatic heterocycles. The maximum atomic E-state index is 12.7. The van der Waals surface area contributed by atoms with Crippen molar-refractivity contribution in [3.63, 3.8) is 0 Å². The summed E-state index contributed by atoms with van der Waals surface area (Å²) < 4.78 is 1.10. The van der Waals surface area contributed by atoms with E-state index in [1.807, 2.05) is 6.92 Å². The molecule has 2 aliphatic rings. The van der Waals surface area contributed by atoms with Gasteiger partial charge in [0.1, 0.15) is 0 Å². The third-order valence-electron chi connectivity index (χ3n) is 4.85. The van der Waals surface area contributed by atoms with Crippen LogP contribution in [0.5, 0.6) is 0 Å². The maximum absolute atomic E-state index is 12.7. The number of carbonyl (C=O) groups is 1. The molecular weight excluding hydrogens is 288 g/mol. The number of aryl methyl sites for hydroxylation is 2. The van der Waals surface area contributed by atoms with Crippen LogP contribution in [-0.4, -0.2) is 5.78 Å². The SMILES string of the molecule is Cc1cc(C(=O)C2CC3CCC2C3)c(C)cc1Br. The van der Waals surface area contributed by atoms with Gasteiger partial charge < -0.3 is 0 Å². The number of ketones is 1. The van der Waals surface area contributed by atoms with Crippen molar-refractivity contribution in [1.82, 2.24) is 0 Å². The lowest BCUT2D eigenvalue weighted by Crippen LogP contribution is -2.21. The Morgan fingerprint density at radius 3 is 2.56 bits per heavy atom. The van der Waals surface area contributed by atoms with Crippen LogP contribution in [0.25, 0.3) is 0 Å². The van der Waals surface area contributed by atoms with Crippen molar-refractivity contribution in [2.75, 3.05) is 0 Å². The molecule has 2 aliphatic carbocycles. The highest BCUT2D eigenvalue weighted by Gasteiger charge is 2.43. The van der Waals surface area contributed by atoms with Gasteiger partial charge in [-0.2, -0.15) is 0 Å². The number of halogens is 1. The van der Waals surface area contributed by atoms with Crippen molar-refractivity contribution >= 4 is 21.7 Å². The molecule has 1 aromatic rings. The van der Waals surface area contributed by atoms with E-state index in [1.54, 1.807) is 0 Å². The Morgan fingerprint density at radius 2 is 1.94 bits per heavy atom. The molecule has 0 radical (unpaired) electrons. The fourth-order valence-corrected chi connectivity index (χ4v) is 4.27. The second-order valence-electron chi connectivity index (χ2n) is 6.06. The van der Waals surface area contributed by atoms with Gasteiger partial charge in [-0.3, -0.25) is 4.79 Å². The molecule has 1 nitrogen and oxygen atoms in total. The van der Waals surface area contributed by atoms with Crippen LogP contribution in [0.1, 0.15) is 47.2 Å². The number of hydrogen-bond donors (Lipinski definition) is 0. The van der Waals surface area contributed by atoms with Crippen molar-refractivity contribution in [1.29, 1.82) is 0 Å². The molecule has 0 aliphatic heterocycles. The van der Waals surface area contributed by atoms with E-state index >= 15 is 0 Å². The summed E-state index contributed by atoms with van der Waals surface area (Å²) >= 11 is 3.53. The summed E-state index contributed by atoms with van der Waals surface area (Å²) in [4.78, 5) is 12.7. The van der Waals surface area contributed by atoms with Gasteiger partial charge >= 0.3 is 0 Å². The zero-order valence-electron chi connectivity index (χ0n) is 11.0. The fourth-order valence-electron chi connectivity index (χ4n) is 3.81. The minimum absolute atomic E-state index is 0.308. The van der Waals surface area contributed by atoms with Crippen LogP contribution in [0.2, 0.25) is 0 Å². The number of fused-ring (bicyclic) bond motifs is 2. The Morgan fingerprint density at radius 1 is 1.17 bits per heavy atom. The zero-order valence-corrected chi connectivity index (χ0v) is 12.6. The summed E-state index contributed by atoms with van der Waals surface area (Å²) in [6.45, 7) is 4.10. The molecule has 96 valence electrons. The highest BCUT2D eigenvalue weighted by molar-refractivity contribution is 9.10. The number of rotatable bonds is 2. The second-order valence-corrected chi connectivity index (χ2v) is 6.92. The van der Waals surface area contributed by atoms with Gasteiger partial charge in [-0.1, -0.05) is 22.4 Å². The highest BCUT2D eigenvalue weighted by Crippen LogP contribution is 2.49. The summed E-state index contributed by atoms with van der Waals surface area (Å²) in [5.74, 6) is 2.21. The standard InChI is InChI=1S/C16H19BrO/c1-9-6-15(17)10(2)5-13(9)16(18)14-8-11-3-4-12(14)7-11/h5-6,11-12,14H,3-4,7-8H2,1-2H3. The Bertz CT molecular complexity index is 506. The summed E-state index contributed by atoms with van der Waals surface area (Å²) in [7, 11) is 0. The lowest BCUT2D eigenvalue weighted by atomic mass is 9.82. The van der Waals surface area contributed by atoms with Crippen molar-refractivity contribution in [2.24, 2.45) is 17.8 Å². The average molecular weight is 307 g/mol. The molecule has 18 heavy (non-hydrogen) atoms. The monoisotopic (exact) mass is 306 g/mol. The van der Waals surface area contributed by atoms with Crippen LogP contribution in [0.15, 0.2) is 16.6 Å². The van der Waals surface area contributed by atoms with E-state index in [0.717, 1.165) is 33.5 Å². The Labute approximate surface area is 117 Å². The van der Waals surface area contributed by atoms with E-state index in [9.17, 15) is 4.79 Å². The van der Waals surface area contributed by atoms with Gasteiger partial charge in [0, 0.05) is 16.0 Å². The van der Waals surface area contributed by atoms with Crippen LogP contribution >= 0.6 is 15.9 Å². The first kappa shape index (κ1) is 12.4. The van der Waals surface area contributed by atoms with Crippen LogP contribution in [-0.2, 0) is 0 Å². The molecule has 3 rings (SSSR count). The van der Waals surface area contributed by atoms with Crippen molar-refractivity contribution < 1.29 is 4.79 Å². The molecule has 2 heteroatoms. The summed E-state index contributed by atoms with van der Waals surface area (Å²) in [5, 5.41) is 0. The van der Waals surface area contributed by atoms with E-state index in [0.29, 0.717) is 17.6 Å². The molecule has 2 fully saturated rings. The number of Topliss-reactive ketones (excluding diaryl/α,β-unsaturated/α-hetero) is 1. The quantitative estimate of drug-likeness (QED) is 0.725. The smallest absolute Gasteiger partial charge is 0.166 e. The van der Waals surface area contributed by atoms with E-state index in [1.165, 1.54) is 19.3 Å². The number of carbonyl (C=O) groups excluding carboxylic acids is 1. The first-order chi connectivity index (χ1) is 8.56. The molecule has 0 heterocycles. The van der Waals surface area contributed by atoms with Crippen molar-refractivity contribution in [3.8, 4) is 0 Å². The number of benzene rings is 1. The summed E-state index contributed by atoms with van der Waals surface area (Å²) in [5.41, 5.74) is 3.22.